The first-order valence-corrected chi connectivity index (χ1v) is 6.57. The molecule has 0 amide bonds. The second kappa shape index (κ2) is 6.23. The maximum atomic E-state index is 6.13. The van der Waals surface area contributed by atoms with Gasteiger partial charge in [0.2, 0.25) is 0 Å². The van der Waals surface area contributed by atoms with E-state index >= 15 is 0 Å². The molecule has 0 radical (unpaired) electrons. The summed E-state index contributed by atoms with van der Waals surface area (Å²) in [5.41, 5.74) is 0.770. The molecule has 0 saturated carbocycles. The standard InChI is InChI=1S/C13H14Cl2N2O/c1-2-16-7-6-12-17-8-11(18-12)9-4-3-5-10(14)13(9)15/h3-5,8,16H,2,6-7H2,1H3. The van der Waals surface area contributed by atoms with Crippen molar-refractivity contribution in [2.24, 2.45) is 0 Å². The minimum Gasteiger partial charge on any atom is -0.441 e. The fourth-order valence-corrected chi connectivity index (χ4v) is 2.01. The first-order valence-electron chi connectivity index (χ1n) is 5.82. The fraction of sp³-hybridized carbons (Fsp3) is 0.308. The molecule has 0 aliphatic rings. The van der Waals surface area contributed by atoms with E-state index in [0.29, 0.717) is 21.7 Å². The molecule has 96 valence electrons. The first kappa shape index (κ1) is 13.4. The zero-order chi connectivity index (χ0) is 13.0. The average Bonchev–Trinajstić information content (AvgIpc) is 2.82. The molecule has 0 fully saturated rings. The minimum absolute atomic E-state index is 0.494. The Kier molecular flexibility index (Phi) is 4.64. The van der Waals surface area contributed by atoms with Crippen molar-refractivity contribution in [2.75, 3.05) is 13.1 Å². The van der Waals surface area contributed by atoms with E-state index < -0.39 is 0 Å². The zero-order valence-electron chi connectivity index (χ0n) is 10.0. The molecule has 3 nitrogen and oxygen atoms in total. The predicted octanol–water partition coefficient (Wildman–Crippen LogP) is 3.80. The summed E-state index contributed by atoms with van der Waals surface area (Å²) in [6.45, 7) is 3.85. The summed E-state index contributed by atoms with van der Waals surface area (Å²) < 4.78 is 5.66. The second-order valence-electron chi connectivity index (χ2n) is 3.82. The number of likely N-dealkylation sites (N-methyl/N-ethyl adjacent to an activating group) is 1. The lowest BCUT2D eigenvalue weighted by molar-refractivity contribution is 0.497. The summed E-state index contributed by atoms with van der Waals surface area (Å²) >= 11 is 12.1. The van der Waals surface area contributed by atoms with Crippen molar-refractivity contribution < 1.29 is 4.42 Å². The van der Waals surface area contributed by atoms with Crippen molar-refractivity contribution in [3.8, 4) is 11.3 Å². The highest BCUT2D eigenvalue weighted by atomic mass is 35.5. The van der Waals surface area contributed by atoms with Gasteiger partial charge in [0.25, 0.3) is 0 Å². The number of oxazole rings is 1. The van der Waals surface area contributed by atoms with Gasteiger partial charge in [-0.2, -0.15) is 0 Å². The second-order valence-corrected chi connectivity index (χ2v) is 4.61. The number of halogens is 2. The number of nitrogens with zero attached hydrogens (tertiary/aromatic N) is 1. The largest absolute Gasteiger partial charge is 0.441 e. The third kappa shape index (κ3) is 3.05. The molecule has 0 unspecified atom stereocenters. The summed E-state index contributed by atoms with van der Waals surface area (Å²) in [5, 5.41) is 4.23. The molecular formula is C13H14Cl2N2O. The lowest BCUT2D eigenvalue weighted by Gasteiger charge is -2.01. The van der Waals surface area contributed by atoms with Crippen LogP contribution in [0.15, 0.2) is 28.8 Å². The molecule has 0 aliphatic heterocycles. The smallest absolute Gasteiger partial charge is 0.196 e. The third-order valence-electron chi connectivity index (χ3n) is 2.54. The van der Waals surface area contributed by atoms with Crippen LogP contribution in [0.4, 0.5) is 0 Å². The van der Waals surface area contributed by atoms with E-state index in [1.807, 2.05) is 12.1 Å². The van der Waals surface area contributed by atoms with Gasteiger partial charge in [-0.15, -0.1) is 0 Å². The molecule has 0 saturated heterocycles. The van der Waals surface area contributed by atoms with Crippen LogP contribution in [0.3, 0.4) is 0 Å². The van der Waals surface area contributed by atoms with E-state index in [1.54, 1.807) is 12.3 Å². The van der Waals surface area contributed by atoms with Crippen LogP contribution in [0.5, 0.6) is 0 Å². The van der Waals surface area contributed by atoms with Crippen LogP contribution in [0, 0.1) is 0 Å². The van der Waals surface area contributed by atoms with Crippen molar-refractivity contribution in [1.29, 1.82) is 0 Å². The van der Waals surface area contributed by atoms with Gasteiger partial charge in [0.15, 0.2) is 11.7 Å². The number of nitrogens with one attached hydrogen (secondary N) is 1. The van der Waals surface area contributed by atoms with Crippen LogP contribution >= 0.6 is 23.2 Å². The molecule has 2 aromatic rings. The van der Waals surface area contributed by atoms with Gasteiger partial charge in [-0.1, -0.05) is 36.2 Å². The van der Waals surface area contributed by atoms with Crippen molar-refractivity contribution >= 4 is 23.2 Å². The Morgan fingerprint density at radius 3 is 2.94 bits per heavy atom. The van der Waals surface area contributed by atoms with E-state index in [-0.39, 0.29) is 0 Å². The predicted molar refractivity (Wildman–Crippen MR) is 74.2 cm³/mol. The number of hydrogen-bond donors (Lipinski definition) is 1. The van der Waals surface area contributed by atoms with E-state index in [9.17, 15) is 0 Å². The third-order valence-corrected chi connectivity index (χ3v) is 3.36. The number of rotatable bonds is 5. The van der Waals surface area contributed by atoms with Crippen molar-refractivity contribution in [2.45, 2.75) is 13.3 Å². The number of hydrogen-bond acceptors (Lipinski definition) is 3. The highest BCUT2D eigenvalue weighted by molar-refractivity contribution is 6.43. The minimum atomic E-state index is 0.494. The normalized spacial score (nSPS) is 10.8. The molecule has 1 aromatic carbocycles. The Morgan fingerprint density at radius 2 is 2.17 bits per heavy atom. The SMILES string of the molecule is CCNCCc1ncc(-c2cccc(Cl)c2Cl)o1. The highest BCUT2D eigenvalue weighted by Crippen LogP contribution is 2.33. The van der Waals surface area contributed by atoms with Crippen LogP contribution in [0.1, 0.15) is 12.8 Å². The molecule has 2 rings (SSSR count). The Morgan fingerprint density at radius 1 is 1.33 bits per heavy atom. The molecule has 18 heavy (non-hydrogen) atoms. The summed E-state index contributed by atoms with van der Waals surface area (Å²) in [6.07, 6.45) is 2.44. The van der Waals surface area contributed by atoms with Gasteiger partial charge < -0.3 is 9.73 Å². The Balaban J connectivity index is 2.16. The maximum Gasteiger partial charge on any atom is 0.196 e. The number of benzene rings is 1. The van der Waals surface area contributed by atoms with Crippen LogP contribution in [0.25, 0.3) is 11.3 Å². The summed E-state index contributed by atoms with van der Waals surface area (Å²) in [6, 6.07) is 5.45. The van der Waals surface area contributed by atoms with Gasteiger partial charge in [0.1, 0.15) is 0 Å². The lowest BCUT2D eigenvalue weighted by Crippen LogP contribution is -2.16. The Bertz CT molecular complexity index is 525. The Hall–Kier alpha value is -1.03. The van der Waals surface area contributed by atoms with Crippen LogP contribution in [-0.4, -0.2) is 18.1 Å². The summed E-state index contributed by atoms with van der Waals surface area (Å²) in [4.78, 5) is 4.23. The molecule has 0 bridgehead atoms. The number of aromatic nitrogens is 1. The van der Waals surface area contributed by atoms with Gasteiger partial charge in [-0.3, -0.25) is 0 Å². The lowest BCUT2D eigenvalue weighted by atomic mass is 10.2. The quantitative estimate of drug-likeness (QED) is 0.849. The van der Waals surface area contributed by atoms with Gasteiger partial charge in [0.05, 0.1) is 16.2 Å². The molecule has 0 atom stereocenters. The molecular weight excluding hydrogens is 271 g/mol. The van der Waals surface area contributed by atoms with Crippen molar-refractivity contribution in [3.63, 3.8) is 0 Å². The molecule has 0 spiro atoms. The monoisotopic (exact) mass is 284 g/mol. The van der Waals surface area contributed by atoms with Crippen molar-refractivity contribution in [1.82, 2.24) is 10.3 Å². The van der Waals surface area contributed by atoms with E-state index in [4.69, 9.17) is 27.6 Å². The maximum absolute atomic E-state index is 6.13. The van der Waals surface area contributed by atoms with Crippen LogP contribution in [0.2, 0.25) is 10.0 Å². The molecule has 1 heterocycles. The van der Waals surface area contributed by atoms with Gasteiger partial charge in [0, 0.05) is 18.5 Å². The highest BCUT2D eigenvalue weighted by Gasteiger charge is 2.11. The van der Waals surface area contributed by atoms with Gasteiger partial charge >= 0.3 is 0 Å². The van der Waals surface area contributed by atoms with Gasteiger partial charge in [-0.05, 0) is 18.7 Å². The molecule has 5 heteroatoms. The average molecular weight is 285 g/mol. The molecule has 1 aromatic heterocycles. The van der Waals surface area contributed by atoms with Crippen molar-refractivity contribution in [3.05, 3.63) is 40.3 Å². The first-order chi connectivity index (χ1) is 8.72. The van der Waals surface area contributed by atoms with Crippen LogP contribution < -0.4 is 5.32 Å². The van der Waals surface area contributed by atoms with E-state index in [0.717, 1.165) is 25.1 Å². The Labute approximate surface area is 116 Å². The molecule has 0 aliphatic carbocycles. The van der Waals surface area contributed by atoms with E-state index in [1.165, 1.54) is 0 Å². The van der Waals surface area contributed by atoms with E-state index in [2.05, 4.69) is 17.2 Å². The summed E-state index contributed by atoms with van der Waals surface area (Å²) in [7, 11) is 0. The molecule has 1 N–H and O–H groups in total. The topological polar surface area (TPSA) is 38.1 Å². The zero-order valence-corrected chi connectivity index (χ0v) is 11.6. The fourth-order valence-electron chi connectivity index (χ4n) is 1.62. The van der Waals surface area contributed by atoms with Crippen LogP contribution in [-0.2, 0) is 6.42 Å². The van der Waals surface area contributed by atoms with Gasteiger partial charge in [-0.25, -0.2) is 4.98 Å². The summed E-state index contributed by atoms with van der Waals surface area (Å²) in [5.74, 6) is 1.34.